The van der Waals surface area contributed by atoms with Crippen LogP contribution in [0.3, 0.4) is 0 Å². The minimum atomic E-state index is 0.331. The van der Waals surface area contributed by atoms with Crippen LogP contribution in [-0.4, -0.2) is 49.0 Å². The zero-order valence-electron chi connectivity index (χ0n) is 8.70. The van der Waals surface area contributed by atoms with Crippen molar-refractivity contribution in [1.29, 1.82) is 0 Å². The van der Waals surface area contributed by atoms with Gasteiger partial charge in [0.25, 0.3) is 0 Å². The van der Waals surface area contributed by atoms with Crippen LogP contribution in [0.1, 0.15) is 20.3 Å². The van der Waals surface area contributed by atoms with Crippen LogP contribution in [0.25, 0.3) is 0 Å². The SMILES string of the molecule is CCOCC(C)N1CCC(CO)C1. The van der Waals surface area contributed by atoms with Gasteiger partial charge in [0.05, 0.1) is 6.61 Å². The molecule has 0 aromatic carbocycles. The zero-order chi connectivity index (χ0) is 9.68. The zero-order valence-corrected chi connectivity index (χ0v) is 8.70. The van der Waals surface area contributed by atoms with Gasteiger partial charge in [-0.05, 0) is 32.7 Å². The maximum absolute atomic E-state index is 8.98. The first-order valence-corrected chi connectivity index (χ1v) is 5.20. The summed E-state index contributed by atoms with van der Waals surface area (Å²) in [6, 6.07) is 0.497. The van der Waals surface area contributed by atoms with Crippen LogP contribution in [0.15, 0.2) is 0 Å². The molecule has 0 radical (unpaired) electrons. The molecule has 3 nitrogen and oxygen atoms in total. The minimum absolute atomic E-state index is 0.331. The second kappa shape index (κ2) is 5.58. The maximum Gasteiger partial charge on any atom is 0.0618 e. The van der Waals surface area contributed by atoms with Gasteiger partial charge in [0, 0.05) is 25.8 Å². The fraction of sp³-hybridized carbons (Fsp3) is 1.00. The summed E-state index contributed by atoms with van der Waals surface area (Å²) in [6.07, 6.45) is 1.13. The van der Waals surface area contributed by atoms with E-state index in [-0.39, 0.29) is 0 Å². The van der Waals surface area contributed by atoms with Gasteiger partial charge in [0.2, 0.25) is 0 Å². The molecule has 1 heterocycles. The molecule has 0 aromatic rings. The molecule has 0 amide bonds. The number of ether oxygens (including phenoxy) is 1. The van der Waals surface area contributed by atoms with Gasteiger partial charge in [-0.1, -0.05) is 0 Å². The van der Waals surface area contributed by atoms with Crippen LogP contribution in [0, 0.1) is 5.92 Å². The number of aliphatic hydroxyl groups is 1. The topological polar surface area (TPSA) is 32.7 Å². The molecule has 0 bridgehead atoms. The Morgan fingerprint density at radius 3 is 2.92 bits per heavy atom. The van der Waals surface area contributed by atoms with E-state index in [1.165, 1.54) is 0 Å². The molecule has 2 atom stereocenters. The smallest absolute Gasteiger partial charge is 0.0618 e. The summed E-state index contributed by atoms with van der Waals surface area (Å²) >= 11 is 0. The van der Waals surface area contributed by atoms with Gasteiger partial charge in [0.1, 0.15) is 0 Å². The van der Waals surface area contributed by atoms with E-state index in [2.05, 4.69) is 11.8 Å². The summed E-state index contributed by atoms with van der Waals surface area (Å²) in [4.78, 5) is 2.40. The van der Waals surface area contributed by atoms with Crippen molar-refractivity contribution in [2.24, 2.45) is 5.92 Å². The summed E-state index contributed by atoms with van der Waals surface area (Å²) in [5.41, 5.74) is 0. The molecule has 3 heteroatoms. The molecule has 2 unspecified atom stereocenters. The summed E-state index contributed by atoms with van der Waals surface area (Å²) in [7, 11) is 0. The lowest BCUT2D eigenvalue weighted by Crippen LogP contribution is -2.34. The highest BCUT2D eigenvalue weighted by molar-refractivity contribution is 4.78. The van der Waals surface area contributed by atoms with Crippen molar-refractivity contribution in [2.75, 3.05) is 32.9 Å². The molecule has 1 fully saturated rings. The van der Waals surface area contributed by atoms with Crippen LogP contribution < -0.4 is 0 Å². The quantitative estimate of drug-likeness (QED) is 0.688. The van der Waals surface area contributed by atoms with E-state index in [1.807, 2.05) is 6.92 Å². The highest BCUT2D eigenvalue weighted by Gasteiger charge is 2.25. The van der Waals surface area contributed by atoms with Crippen LogP contribution in [0.4, 0.5) is 0 Å². The average Bonchev–Trinajstić information content (AvgIpc) is 2.62. The molecular weight excluding hydrogens is 166 g/mol. The van der Waals surface area contributed by atoms with Crippen LogP contribution >= 0.6 is 0 Å². The number of hydrogen-bond donors (Lipinski definition) is 1. The molecule has 0 spiro atoms. The standard InChI is InChI=1S/C10H21NO2/c1-3-13-8-9(2)11-5-4-10(6-11)7-12/h9-10,12H,3-8H2,1-2H3. The predicted octanol–water partition coefficient (Wildman–Crippen LogP) is 0.726. The van der Waals surface area contributed by atoms with Crippen LogP contribution in [0.2, 0.25) is 0 Å². The number of nitrogens with zero attached hydrogens (tertiary/aromatic N) is 1. The van der Waals surface area contributed by atoms with Crippen molar-refractivity contribution >= 4 is 0 Å². The highest BCUT2D eigenvalue weighted by Crippen LogP contribution is 2.17. The number of rotatable bonds is 5. The molecule has 0 aromatic heterocycles. The second-order valence-corrected chi connectivity index (χ2v) is 3.84. The second-order valence-electron chi connectivity index (χ2n) is 3.84. The molecule has 0 aliphatic carbocycles. The largest absolute Gasteiger partial charge is 0.396 e. The van der Waals surface area contributed by atoms with Gasteiger partial charge >= 0.3 is 0 Å². The number of aliphatic hydroxyl groups excluding tert-OH is 1. The molecule has 0 saturated carbocycles. The van der Waals surface area contributed by atoms with E-state index in [1.54, 1.807) is 0 Å². The highest BCUT2D eigenvalue weighted by atomic mass is 16.5. The lowest BCUT2D eigenvalue weighted by molar-refractivity contribution is 0.0810. The van der Waals surface area contributed by atoms with E-state index in [0.717, 1.165) is 32.7 Å². The first kappa shape index (κ1) is 11.0. The average molecular weight is 187 g/mol. The first-order valence-electron chi connectivity index (χ1n) is 5.20. The van der Waals surface area contributed by atoms with Crippen molar-refractivity contribution < 1.29 is 9.84 Å². The summed E-state index contributed by atoms with van der Waals surface area (Å²) < 4.78 is 5.37. The van der Waals surface area contributed by atoms with Crippen molar-refractivity contribution in [2.45, 2.75) is 26.3 Å². The van der Waals surface area contributed by atoms with E-state index < -0.39 is 0 Å². The molecule has 78 valence electrons. The molecule has 13 heavy (non-hydrogen) atoms. The van der Waals surface area contributed by atoms with Gasteiger partial charge in [-0.25, -0.2) is 0 Å². The van der Waals surface area contributed by atoms with Crippen molar-refractivity contribution in [3.05, 3.63) is 0 Å². The van der Waals surface area contributed by atoms with Gasteiger partial charge in [-0.15, -0.1) is 0 Å². The monoisotopic (exact) mass is 187 g/mol. The third kappa shape index (κ3) is 3.25. The van der Waals surface area contributed by atoms with Gasteiger partial charge in [0.15, 0.2) is 0 Å². The van der Waals surface area contributed by atoms with E-state index in [9.17, 15) is 0 Å². The lowest BCUT2D eigenvalue weighted by atomic mass is 10.1. The van der Waals surface area contributed by atoms with E-state index in [0.29, 0.717) is 18.6 Å². The predicted molar refractivity (Wildman–Crippen MR) is 52.7 cm³/mol. The Morgan fingerprint density at radius 2 is 2.38 bits per heavy atom. The summed E-state index contributed by atoms with van der Waals surface area (Å²) in [5.74, 6) is 0.490. The maximum atomic E-state index is 8.98. The molecular formula is C10H21NO2. The molecule has 1 aliphatic rings. The Bertz CT molecular complexity index is 141. The van der Waals surface area contributed by atoms with Gasteiger partial charge < -0.3 is 9.84 Å². The fourth-order valence-electron chi connectivity index (χ4n) is 1.81. The summed E-state index contributed by atoms with van der Waals surface area (Å²) in [5, 5.41) is 8.98. The van der Waals surface area contributed by atoms with E-state index in [4.69, 9.17) is 9.84 Å². The lowest BCUT2D eigenvalue weighted by Gasteiger charge is -2.23. The van der Waals surface area contributed by atoms with Crippen molar-refractivity contribution in [1.82, 2.24) is 4.90 Å². The van der Waals surface area contributed by atoms with Gasteiger partial charge in [-0.3, -0.25) is 4.90 Å². The van der Waals surface area contributed by atoms with Crippen molar-refractivity contribution in [3.8, 4) is 0 Å². The minimum Gasteiger partial charge on any atom is -0.396 e. The fourth-order valence-corrected chi connectivity index (χ4v) is 1.81. The number of hydrogen-bond acceptors (Lipinski definition) is 3. The van der Waals surface area contributed by atoms with E-state index >= 15 is 0 Å². The normalized spacial score (nSPS) is 26.5. The molecule has 1 N–H and O–H groups in total. The van der Waals surface area contributed by atoms with Crippen LogP contribution in [0.5, 0.6) is 0 Å². The Balaban J connectivity index is 2.20. The third-order valence-electron chi connectivity index (χ3n) is 2.76. The Labute approximate surface area is 80.7 Å². The summed E-state index contributed by atoms with van der Waals surface area (Å²) in [6.45, 7) is 8.29. The molecule has 1 rings (SSSR count). The Hall–Kier alpha value is -0.120. The van der Waals surface area contributed by atoms with Gasteiger partial charge in [-0.2, -0.15) is 0 Å². The first-order chi connectivity index (χ1) is 6.27. The van der Waals surface area contributed by atoms with Crippen LogP contribution in [-0.2, 0) is 4.74 Å². The third-order valence-corrected chi connectivity index (χ3v) is 2.76. The molecule has 1 saturated heterocycles. The Morgan fingerprint density at radius 1 is 1.62 bits per heavy atom. The number of likely N-dealkylation sites (tertiary alicyclic amines) is 1. The van der Waals surface area contributed by atoms with Crippen molar-refractivity contribution in [3.63, 3.8) is 0 Å². The molecule has 1 aliphatic heterocycles. The Kier molecular flexibility index (Phi) is 4.70.